The Morgan fingerprint density at radius 2 is 2.13 bits per heavy atom. The first kappa shape index (κ1) is 19.9. The number of rotatable bonds is 4. The predicted octanol–water partition coefficient (Wildman–Crippen LogP) is 2.88. The second-order valence-corrected chi connectivity index (χ2v) is 8.76. The summed E-state index contributed by atoms with van der Waals surface area (Å²) in [6.45, 7) is 1.99. The lowest BCUT2D eigenvalue weighted by molar-refractivity contribution is 0.0405. The van der Waals surface area contributed by atoms with Gasteiger partial charge in [-0.25, -0.2) is 19.3 Å². The van der Waals surface area contributed by atoms with Crippen molar-refractivity contribution in [1.29, 1.82) is 0 Å². The number of halogens is 1. The number of fused-ring (bicyclic) bond motifs is 2. The van der Waals surface area contributed by atoms with E-state index in [4.69, 9.17) is 0 Å². The van der Waals surface area contributed by atoms with Crippen molar-refractivity contribution in [2.75, 3.05) is 11.9 Å². The summed E-state index contributed by atoms with van der Waals surface area (Å²) in [6, 6.07) is 1.64. The average molecular weight is 423 g/mol. The summed E-state index contributed by atoms with van der Waals surface area (Å²) in [4.78, 5) is 19.2. The van der Waals surface area contributed by atoms with Crippen LogP contribution in [0.2, 0.25) is 0 Å². The van der Waals surface area contributed by atoms with Gasteiger partial charge in [-0.05, 0) is 32.6 Å². The number of piperidine rings is 2. The van der Waals surface area contributed by atoms with Gasteiger partial charge in [0.25, 0.3) is 0 Å². The Hall–Kier alpha value is -3.07. The Bertz CT molecular complexity index is 1060. The second-order valence-electron chi connectivity index (χ2n) is 8.76. The summed E-state index contributed by atoms with van der Waals surface area (Å²) < 4.78 is 17.1. The molecule has 5 heterocycles. The summed E-state index contributed by atoms with van der Waals surface area (Å²) in [5.41, 5.74) is 0.505. The highest BCUT2D eigenvalue weighted by molar-refractivity contribution is 5.66. The number of aromatic nitrogens is 5. The van der Waals surface area contributed by atoms with E-state index in [1.807, 2.05) is 18.9 Å². The zero-order valence-corrected chi connectivity index (χ0v) is 17.6. The van der Waals surface area contributed by atoms with Crippen LogP contribution < -0.4 is 10.2 Å². The Labute approximate surface area is 180 Å². The molecule has 162 valence electrons. The van der Waals surface area contributed by atoms with E-state index < -0.39 is 11.7 Å². The molecule has 8 nitrogen and oxygen atoms in total. The minimum absolute atomic E-state index is 0.0528. The molecule has 2 N–H and O–H groups in total. The molecule has 2 fully saturated rings. The predicted molar refractivity (Wildman–Crippen MR) is 115 cm³/mol. The van der Waals surface area contributed by atoms with Gasteiger partial charge in [0.2, 0.25) is 0 Å². The zero-order valence-electron chi connectivity index (χ0n) is 17.6. The average Bonchev–Trinajstić information content (AvgIpc) is 3.31. The lowest BCUT2D eigenvalue weighted by Gasteiger charge is -2.52. The van der Waals surface area contributed by atoms with Crippen LogP contribution in [-0.4, -0.2) is 60.5 Å². The molecule has 2 saturated heterocycles. The first-order valence-electron chi connectivity index (χ1n) is 10.6. The number of nitrogens with zero attached hydrogens (tertiary/aromatic N) is 6. The van der Waals surface area contributed by atoms with Crippen molar-refractivity contribution in [2.24, 2.45) is 0 Å². The van der Waals surface area contributed by atoms with Crippen LogP contribution in [0.1, 0.15) is 32.6 Å². The molecule has 0 amide bonds. The molecular weight excluding hydrogens is 397 g/mol. The summed E-state index contributed by atoms with van der Waals surface area (Å²) in [5, 5.41) is 14.0. The maximum absolute atomic E-state index is 15.4. The molecule has 4 atom stereocenters. The van der Waals surface area contributed by atoms with Gasteiger partial charge in [-0.1, -0.05) is 0 Å². The van der Waals surface area contributed by atoms with E-state index >= 15 is 4.39 Å². The van der Waals surface area contributed by atoms with Gasteiger partial charge in [0.15, 0.2) is 0 Å². The fourth-order valence-corrected chi connectivity index (χ4v) is 4.89. The number of pyridine rings is 1. The standard InChI is InChI=1S/C22H26FN7O/c1-22-5-3-4-14(28-22)8-17(21(22)23)29(2)20-12-25-16(11-27-20)15-10-26-19(9-18(15)31)30-7-6-24-13-30/h6-7,9-14,17,21,28H,3-5,8H2,1-2H3,(H,26,31)/t14-,17-,21+,22+/m1/s1. The van der Waals surface area contributed by atoms with Crippen molar-refractivity contribution in [3.05, 3.63) is 43.4 Å². The Morgan fingerprint density at radius 3 is 2.84 bits per heavy atom. The minimum Gasteiger partial charge on any atom is -0.507 e. The number of alkyl halides is 1. The van der Waals surface area contributed by atoms with Gasteiger partial charge in [0, 0.05) is 43.3 Å². The summed E-state index contributed by atoms with van der Waals surface area (Å²) in [6.07, 6.45) is 12.5. The normalized spacial score (nSPS) is 27.8. The molecule has 9 heteroatoms. The summed E-state index contributed by atoms with van der Waals surface area (Å²) >= 11 is 0. The fraction of sp³-hybridized carbons (Fsp3) is 0.455. The number of imidazole rings is 1. The van der Waals surface area contributed by atoms with Gasteiger partial charge >= 0.3 is 0 Å². The van der Waals surface area contributed by atoms with E-state index in [0.717, 1.165) is 25.7 Å². The lowest BCUT2D eigenvalue weighted by atomic mass is 9.73. The highest BCUT2D eigenvalue weighted by atomic mass is 19.1. The van der Waals surface area contributed by atoms with Gasteiger partial charge in [-0.2, -0.15) is 0 Å². The monoisotopic (exact) mass is 423 g/mol. The maximum Gasteiger partial charge on any atom is 0.147 e. The topological polar surface area (TPSA) is 92.0 Å². The Morgan fingerprint density at radius 1 is 1.26 bits per heavy atom. The van der Waals surface area contributed by atoms with Crippen LogP contribution in [0, 0.1) is 0 Å². The van der Waals surface area contributed by atoms with E-state index in [2.05, 4.69) is 25.3 Å². The van der Waals surface area contributed by atoms with Crippen LogP contribution in [0.15, 0.2) is 43.4 Å². The molecule has 2 aliphatic heterocycles. The van der Waals surface area contributed by atoms with E-state index in [1.165, 1.54) is 0 Å². The van der Waals surface area contributed by atoms with Crippen molar-refractivity contribution in [2.45, 2.75) is 56.4 Å². The molecule has 3 aromatic rings. The van der Waals surface area contributed by atoms with Gasteiger partial charge in [0.1, 0.15) is 29.9 Å². The maximum atomic E-state index is 15.4. The molecule has 31 heavy (non-hydrogen) atoms. The second kappa shape index (κ2) is 7.56. The molecule has 0 aliphatic carbocycles. The molecule has 2 bridgehead atoms. The van der Waals surface area contributed by atoms with Gasteiger partial charge in [-0.15, -0.1) is 0 Å². The molecule has 5 rings (SSSR count). The van der Waals surface area contributed by atoms with Crippen molar-refractivity contribution < 1.29 is 9.50 Å². The van der Waals surface area contributed by atoms with Crippen molar-refractivity contribution >= 4 is 5.82 Å². The fourth-order valence-electron chi connectivity index (χ4n) is 4.89. The molecule has 2 aliphatic rings. The van der Waals surface area contributed by atoms with E-state index in [-0.39, 0.29) is 11.8 Å². The molecule has 0 saturated carbocycles. The molecule has 0 radical (unpaired) electrons. The summed E-state index contributed by atoms with van der Waals surface area (Å²) in [5.74, 6) is 1.22. The van der Waals surface area contributed by atoms with Gasteiger partial charge < -0.3 is 15.3 Å². The number of hydrogen-bond acceptors (Lipinski definition) is 7. The number of hydrogen-bond donors (Lipinski definition) is 2. The van der Waals surface area contributed by atoms with Crippen LogP contribution >= 0.6 is 0 Å². The van der Waals surface area contributed by atoms with Crippen molar-refractivity contribution in [3.8, 4) is 22.8 Å². The van der Waals surface area contributed by atoms with E-state index in [0.29, 0.717) is 28.9 Å². The largest absolute Gasteiger partial charge is 0.507 e. The first-order chi connectivity index (χ1) is 14.9. The molecule has 0 spiro atoms. The van der Waals surface area contributed by atoms with Crippen LogP contribution in [0.3, 0.4) is 0 Å². The van der Waals surface area contributed by atoms with Crippen LogP contribution in [0.25, 0.3) is 17.1 Å². The number of nitrogens with one attached hydrogen (secondary N) is 1. The quantitative estimate of drug-likeness (QED) is 0.667. The third-order valence-electron chi connectivity index (χ3n) is 6.66. The highest BCUT2D eigenvalue weighted by Gasteiger charge is 2.49. The van der Waals surface area contributed by atoms with Gasteiger partial charge in [-0.3, -0.25) is 9.55 Å². The van der Waals surface area contributed by atoms with E-state index in [1.54, 1.807) is 47.9 Å². The highest BCUT2D eigenvalue weighted by Crippen LogP contribution is 2.38. The number of aromatic hydroxyl groups is 1. The third kappa shape index (κ3) is 3.52. The molecule has 3 aromatic heterocycles. The molecular formula is C22H26FN7O. The third-order valence-corrected chi connectivity index (χ3v) is 6.66. The van der Waals surface area contributed by atoms with Crippen LogP contribution in [-0.2, 0) is 0 Å². The smallest absolute Gasteiger partial charge is 0.147 e. The van der Waals surface area contributed by atoms with Crippen molar-refractivity contribution in [3.63, 3.8) is 0 Å². The first-order valence-corrected chi connectivity index (χ1v) is 10.6. The molecule has 0 unspecified atom stereocenters. The zero-order chi connectivity index (χ0) is 21.6. The molecule has 0 aromatic carbocycles. The number of anilines is 1. The van der Waals surface area contributed by atoms with Crippen LogP contribution in [0.5, 0.6) is 5.75 Å². The Kier molecular flexibility index (Phi) is 4.85. The van der Waals surface area contributed by atoms with Gasteiger partial charge in [0.05, 0.1) is 29.7 Å². The lowest BCUT2D eigenvalue weighted by Crippen LogP contribution is -2.68. The van der Waals surface area contributed by atoms with E-state index in [9.17, 15) is 5.11 Å². The Balaban J connectivity index is 1.36. The summed E-state index contributed by atoms with van der Waals surface area (Å²) in [7, 11) is 1.88. The minimum atomic E-state index is -0.987. The van der Waals surface area contributed by atoms with Crippen LogP contribution in [0.4, 0.5) is 10.2 Å². The van der Waals surface area contributed by atoms with Crippen molar-refractivity contribution in [1.82, 2.24) is 29.8 Å². The SMILES string of the molecule is CN(c1cnc(-c2cnc(-n3ccnc3)cc2O)cn1)[C@@H]1C[C@H]2CCC[C@](C)(N2)[C@H]1F.